The summed E-state index contributed by atoms with van der Waals surface area (Å²) in [5, 5.41) is 9.31. The summed E-state index contributed by atoms with van der Waals surface area (Å²) < 4.78 is 64.0. The molecule has 2 atom stereocenters. The molecular weight excluding hydrogens is 505 g/mol. The Morgan fingerprint density at radius 3 is 2.61 bits per heavy atom. The predicted octanol–water partition coefficient (Wildman–Crippen LogP) is 5.20. The van der Waals surface area contributed by atoms with Crippen LogP contribution in [-0.4, -0.2) is 42.9 Å². The standard InChI is InChI=1S/C23H20ClF3N4O5/c1-33-14-5-3-11(7-16(14)34-2)13-9-18(23(25,26)27)31-21(29-13)19(24)20(30-31)22(32)28-12-4-6-15-17(8-12)36-10-35-15/h3-8,13,18,29H,9-10H2,1-2H3,(H,28,32). The van der Waals surface area contributed by atoms with E-state index in [1.165, 1.54) is 20.3 Å². The molecule has 0 spiro atoms. The van der Waals surface area contributed by atoms with Gasteiger partial charge in [0.05, 0.1) is 20.3 Å². The Kier molecular flexibility index (Phi) is 5.99. The van der Waals surface area contributed by atoms with E-state index >= 15 is 0 Å². The third-order valence-electron chi connectivity index (χ3n) is 5.95. The number of alkyl halides is 3. The Labute approximate surface area is 208 Å². The third kappa shape index (κ3) is 4.21. The number of methoxy groups -OCH3 is 2. The fourth-order valence-electron chi connectivity index (χ4n) is 4.19. The molecule has 36 heavy (non-hydrogen) atoms. The molecule has 0 radical (unpaired) electrons. The molecule has 2 aromatic carbocycles. The van der Waals surface area contributed by atoms with Gasteiger partial charge in [-0.05, 0) is 29.8 Å². The predicted molar refractivity (Wildman–Crippen MR) is 123 cm³/mol. The minimum Gasteiger partial charge on any atom is -0.493 e. The normalized spacial score (nSPS) is 18.3. The van der Waals surface area contributed by atoms with Crippen LogP contribution in [0.1, 0.15) is 34.6 Å². The molecule has 1 aromatic heterocycles. The second-order valence-corrected chi connectivity index (χ2v) is 8.46. The zero-order chi connectivity index (χ0) is 25.6. The van der Waals surface area contributed by atoms with Crippen LogP contribution in [0.15, 0.2) is 36.4 Å². The maximum Gasteiger partial charge on any atom is 0.410 e. The first-order chi connectivity index (χ1) is 17.2. The van der Waals surface area contributed by atoms with Crippen molar-refractivity contribution in [3.05, 3.63) is 52.7 Å². The Bertz CT molecular complexity index is 1330. The zero-order valence-electron chi connectivity index (χ0n) is 19.0. The van der Waals surface area contributed by atoms with Crippen molar-refractivity contribution in [1.82, 2.24) is 9.78 Å². The molecule has 5 rings (SSSR count). The zero-order valence-corrected chi connectivity index (χ0v) is 19.7. The van der Waals surface area contributed by atoms with Gasteiger partial charge in [-0.2, -0.15) is 18.3 Å². The number of hydrogen-bond acceptors (Lipinski definition) is 7. The number of nitrogens with one attached hydrogen (secondary N) is 2. The number of benzene rings is 2. The van der Waals surface area contributed by atoms with Crippen LogP contribution in [-0.2, 0) is 0 Å². The molecule has 1 amide bonds. The number of hydrogen-bond donors (Lipinski definition) is 2. The van der Waals surface area contributed by atoms with Gasteiger partial charge in [0.2, 0.25) is 6.79 Å². The van der Waals surface area contributed by atoms with Crippen molar-refractivity contribution < 1.29 is 36.9 Å². The van der Waals surface area contributed by atoms with Crippen LogP contribution in [0.4, 0.5) is 24.7 Å². The molecule has 3 heterocycles. The summed E-state index contributed by atoms with van der Waals surface area (Å²) in [6, 6.07) is 6.74. The lowest BCUT2D eigenvalue weighted by molar-refractivity contribution is -0.173. The Morgan fingerprint density at radius 1 is 1.14 bits per heavy atom. The van der Waals surface area contributed by atoms with Crippen LogP contribution in [0, 0.1) is 0 Å². The Balaban J connectivity index is 1.47. The van der Waals surface area contributed by atoms with Crippen molar-refractivity contribution >= 4 is 29.0 Å². The molecule has 2 unspecified atom stereocenters. The molecule has 0 bridgehead atoms. The van der Waals surface area contributed by atoms with Gasteiger partial charge in [-0.1, -0.05) is 17.7 Å². The average molecular weight is 525 g/mol. The summed E-state index contributed by atoms with van der Waals surface area (Å²) in [4.78, 5) is 12.9. The van der Waals surface area contributed by atoms with Crippen LogP contribution in [0.25, 0.3) is 0 Å². The van der Waals surface area contributed by atoms with E-state index in [0.717, 1.165) is 0 Å². The molecule has 0 aliphatic carbocycles. The van der Waals surface area contributed by atoms with Crippen LogP contribution in [0.5, 0.6) is 23.0 Å². The number of fused-ring (bicyclic) bond motifs is 2. The van der Waals surface area contributed by atoms with Crippen LogP contribution < -0.4 is 29.6 Å². The summed E-state index contributed by atoms with van der Waals surface area (Å²) in [5.74, 6) is 0.873. The van der Waals surface area contributed by atoms with E-state index in [1.54, 1.807) is 30.3 Å². The number of carbonyl (C=O) groups is 1. The average Bonchev–Trinajstić information content (AvgIpc) is 3.46. The van der Waals surface area contributed by atoms with Crippen molar-refractivity contribution in [2.75, 3.05) is 31.6 Å². The first-order valence-electron chi connectivity index (χ1n) is 10.7. The summed E-state index contributed by atoms with van der Waals surface area (Å²) in [5.41, 5.74) is 0.519. The molecule has 0 fully saturated rings. The van der Waals surface area contributed by atoms with Gasteiger partial charge in [-0.15, -0.1) is 0 Å². The van der Waals surface area contributed by atoms with Gasteiger partial charge in [-0.3, -0.25) is 4.79 Å². The smallest absolute Gasteiger partial charge is 0.410 e. The number of carbonyl (C=O) groups excluding carboxylic acids is 1. The molecule has 0 saturated heterocycles. The van der Waals surface area contributed by atoms with E-state index in [4.69, 9.17) is 30.5 Å². The summed E-state index contributed by atoms with van der Waals surface area (Å²) in [6.45, 7) is 0.0536. The highest BCUT2D eigenvalue weighted by atomic mass is 35.5. The molecule has 13 heteroatoms. The largest absolute Gasteiger partial charge is 0.493 e. The maximum atomic E-state index is 14.1. The Hall–Kier alpha value is -3.80. The highest BCUT2D eigenvalue weighted by Gasteiger charge is 2.48. The molecule has 2 aliphatic heterocycles. The van der Waals surface area contributed by atoms with Gasteiger partial charge in [0.25, 0.3) is 5.91 Å². The monoisotopic (exact) mass is 524 g/mol. The summed E-state index contributed by atoms with van der Waals surface area (Å²) in [6.07, 6.45) is -5.03. The van der Waals surface area contributed by atoms with E-state index in [2.05, 4.69) is 15.7 Å². The SMILES string of the molecule is COc1ccc(C2CC(C(F)(F)F)n3nc(C(=O)Nc4ccc5c(c4)OCO5)c(Cl)c3N2)cc1OC. The minimum atomic E-state index is -4.65. The van der Waals surface area contributed by atoms with E-state index in [0.29, 0.717) is 38.9 Å². The van der Waals surface area contributed by atoms with Gasteiger partial charge >= 0.3 is 6.18 Å². The molecular formula is C23H20ClF3N4O5. The van der Waals surface area contributed by atoms with E-state index in [-0.39, 0.29) is 29.7 Å². The van der Waals surface area contributed by atoms with Crippen molar-refractivity contribution in [2.45, 2.75) is 24.7 Å². The van der Waals surface area contributed by atoms with Gasteiger partial charge in [0.15, 0.2) is 34.7 Å². The fraction of sp³-hybridized carbons (Fsp3) is 0.304. The lowest BCUT2D eigenvalue weighted by Crippen LogP contribution is -2.35. The number of aromatic nitrogens is 2. The van der Waals surface area contributed by atoms with Crippen LogP contribution in [0.2, 0.25) is 5.02 Å². The van der Waals surface area contributed by atoms with Crippen molar-refractivity contribution in [2.24, 2.45) is 0 Å². The van der Waals surface area contributed by atoms with Gasteiger partial charge in [0.1, 0.15) is 10.8 Å². The summed E-state index contributed by atoms with van der Waals surface area (Å²) >= 11 is 6.41. The second-order valence-electron chi connectivity index (χ2n) is 8.08. The molecule has 190 valence electrons. The first kappa shape index (κ1) is 23.9. The third-order valence-corrected chi connectivity index (χ3v) is 6.31. The number of nitrogens with zero attached hydrogens (tertiary/aromatic N) is 2. The van der Waals surface area contributed by atoms with Crippen molar-refractivity contribution in [3.8, 4) is 23.0 Å². The van der Waals surface area contributed by atoms with Gasteiger partial charge < -0.3 is 29.6 Å². The second kappa shape index (κ2) is 9.01. The van der Waals surface area contributed by atoms with E-state index in [1.807, 2.05) is 0 Å². The highest BCUT2D eigenvalue weighted by molar-refractivity contribution is 6.36. The molecule has 2 N–H and O–H groups in total. The van der Waals surface area contributed by atoms with Crippen molar-refractivity contribution in [1.29, 1.82) is 0 Å². The van der Waals surface area contributed by atoms with E-state index in [9.17, 15) is 18.0 Å². The topological polar surface area (TPSA) is 95.9 Å². The lowest BCUT2D eigenvalue weighted by atomic mass is 9.96. The van der Waals surface area contributed by atoms with Gasteiger partial charge in [-0.25, -0.2) is 4.68 Å². The maximum absolute atomic E-state index is 14.1. The van der Waals surface area contributed by atoms with Crippen LogP contribution in [0.3, 0.4) is 0 Å². The lowest BCUT2D eigenvalue weighted by Gasteiger charge is -2.33. The molecule has 2 aliphatic rings. The van der Waals surface area contributed by atoms with E-state index < -0.39 is 24.2 Å². The molecule has 3 aromatic rings. The number of ether oxygens (including phenoxy) is 4. The van der Waals surface area contributed by atoms with Gasteiger partial charge in [0, 0.05) is 18.2 Å². The van der Waals surface area contributed by atoms with Crippen molar-refractivity contribution in [3.63, 3.8) is 0 Å². The number of anilines is 2. The number of halogens is 4. The van der Waals surface area contributed by atoms with Crippen LogP contribution >= 0.6 is 11.6 Å². The minimum absolute atomic E-state index is 0.0536. The number of amides is 1. The fourth-order valence-corrected chi connectivity index (χ4v) is 4.45. The molecule has 9 nitrogen and oxygen atoms in total. The first-order valence-corrected chi connectivity index (χ1v) is 11.1. The number of rotatable bonds is 5. The Morgan fingerprint density at radius 2 is 1.89 bits per heavy atom. The highest BCUT2D eigenvalue weighted by Crippen LogP contribution is 2.47. The molecule has 0 saturated carbocycles. The summed E-state index contributed by atoms with van der Waals surface area (Å²) in [7, 11) is 2.90. The quantitative estimate of drug-likeness (QED) is 0.474.